The topological polar surface area (TPSA) is 26.8 Å². The van der Waals surface area contributed by atoms with Crippen molar-refractivity contribution >= 4 is 11.7 Å². The SMILES string of the molecule is O=C1N(CCN2CCCCCC2)CCN1c1cccc(F)c1. The van der Waals surface area contributed by atoms with Crippen LogP contribution in [-0.2, 0) is 0 Å². The van der Waals surface area contributed by atoms with Gasteiger partial charge in [0, 0.05) is 31.9 Å². The van der Waals surface area contributed by atoms with Crippen LogP contribution in [0.2, 0.25) is 0 Å². The summed E-state index contributed by atoms with van der Waals surface area (Å²) in [6.07, 6.45) is 5.19. The molecule has 0 atom stereocenters. The van der Waals surface area contributed by atoms with Gasteiger partial charge in [0.15, 0.2) is 0 Å². The van der Waals surface area contributed by atoms with Crippen LogP contribution in [0.1, 0.15) is 25.7 Å². The molecule has 2 fully saturated rings. The van der Waals surface area contributed by atoms with Crippen molar-refractivity contribution in [3.05, 3.63) is 30.1 Å². The molecule has 2 aliphatic heterocycles. The summed E-state index contributed by atoms with van der Waals surface area (Å²) in [5.41, 5.74) is 0.655. The molecule has 22 heavy (non-hydrogen) atoms. The molecule has 0 aliphatic carbocycles. The third-order valence-corrected chi connectivity index (χ3v) is 4.60. The molecule has 0 saturated carbocycles. The van der Waals surface area contributed by atoms with Crippen LogP contribution in [0.3, 0.4) is 0 Å². The van der Waals surface area contributed by atoms with Crippen molar-refractivity contribution in [1.29, 1.82) is 0 Å². The number of hydrogen-bond acceptors (Lipinski definition) is 2. The van der Waals surface area contributed by atoms with Gasteiger partial charge in [-0.3, -0.25) is 4.90 Å². The number of amides is 2. The lowest BCUT2D eigenvalue weighted by atomic mass is 10.2. The number of carbonyl (C=O) groups is 1. The van der Waals surface area contributed by atoms with Crippen LogP contribution in [0, 0.1) is 5.82 Å². The molecule has 3 rings (SSSR count). The van der Waals surface area contributed by atoms with Gasteiger partial charge in [0.2, 0.25) is 0 Å². The Morgan fingerprint density at radius 1 is 0.955 bits per heavy atom. The van der Waals surface area contributed by atoms with Crippen molar-refractivity contribution in [2.45, 2.75) is 25.7 Å². The number of likely N-dealkylation sites (tertiary alicyclic amines) is 1. The molecule has 0 unspecified atom stereocenters. The smallest absolute Gasteiger partial charge is 0.321 e. The highest BCUT2D eigenvalue weighted by Crippen LogP contribution is 2.21. The van der Waals surface area contributed by atoms with Crippen molar-refractivity contribution in [3.8, 4) is 0 Å². The summed E-state index contributed by atoms with van der Waals surface area (Å²) in [5.74, 6) is -0.298. The van der Waals surface area contributed by atoms with E-state index in [1.54, 1.807) is 17.0 Å². The van der Waals surface area contributed by atoms with E-state index in [4.69, 9.17) is 0 Å². The molecule has 2 saturated heterocycles. The van der Waals surface area contributed by atoms with Crippen molar-refractivity contribution < 1.29 is 9.18 Å². The molecule has 0 bridgehead atoms. The van der Waals surface area contributed by atoms with E-state index >= 15 is 0 Å². The zero-order chi connectivity index (χ0) is 15.4. The summed E-state index contributed by atoms with van der Waals surface area (Å²) >= 11 is 0. The Kier molecular flexibility index (Phi) is 4.93. The molecule has 0 aromatic heterocycles. The molecule has 0 N–H and O–H groups in total. The first-order valence-corrected chi connectivity index (χ1v) is 8.28. The van der Waals surface area contributed by atoms with Crippen LogP contribution in [0.15, 0.2) is 24.3 Å². The number of rotatable bonds is 4. The lowest BCUT2D eigenvalue weighted by molar-refractivity contribution is 0.205. The summed E-state index contributed by atoms with van der Waals surface area (Å²) in [6, 6.07) is 6.27. The first-order chi connectivity index (χ1) is 10.7. The van der Waals surface area contributed by atoms with Gasteiger partial charge in [0.05, 0.1) is 0 Å². The molecular formula is C17H24FN3O. The average molecular weight is 305 g/mol. The van der Waals surface area contributed by atoms with Gasteiger partial charge in [0.1, 0.15) is 5.82 Å². The number of benzene rings is 1. The molecule has 4 nitrogen and oxygen atoms in total. The van der Waals surface area contributed by atoms with Gasteiger partial charge in [-0.1, -0.05) is 18.9 Å². The van der Waals surface area contributed by atoms with E-state index in [2.05, 4.69) is 4.90 Å². The van der Waals surface area contributed by atoms with E-state index in [0.29, 0.717) is 12.2 Å². The largest absolute Gasteiger partial charge is 0.324 e. The highest BCUT2D eigenvalue weighted by Gasteiger charge is 2.29. The lowest BCUT2D eigenvalue weighted by Gasteiger charge is -2.24. The maximum Gasteiger partial charge on any atom is 0.324 e. The van der Waals surface area contributed by atoms with Gasteiger partial charge < -0.3 is 9.80 Å². The minimum atomic E-state index is -0.298. The molecule has 0 spiro atoms. The van der Waals surface area contributed by atoms with Crippen LogP contribution in [-0.4, -0.2) is 55.1 Å². The van der Waals surface area contributed by atoms with Gasteiger partial charge in [0.25, 0.3) is 0 Å². The fourth-order valence-corrected chi connectivity index (χ4v) is 3.30. The number of anilines is 1. The number of nitrogens with zero attached hydrogens (tertiary/aromatic N) is 3. The highest BCUT2D eigenvalue weighted by molar-refractivity contribution is 5.94. The van der Waals surface area contributed by atoms with Crippen LogP contribution in [0.25, 0.3) is 0 Å². The maximum atomic E-state index is 13.3. The summed E-state index contributed by atoms with van der Waals surface area (Å²) in [7, 11) is 0. The number of halogens is 1. The third-order valence-electron chi connectivity index (χ3n) is 4.60. The molecule has 120 valence electrons. The van der Waals surface area contributed by atoms with Gasteiger partial charge in [-0.25, -0.2) is 9.18 Å². The van der Waals surface area contributed by atoms with E-state index in [9.17, 15) is 9.18 Å². The van der Waals surface area contributed by atoms with E-state index in [1.807, 2.05) is 4.90 Å². The fraction of sp³-hybridized carbons (Fsp3) is 0.588. The van der Waals surface area contributed by atoms with E-state index < -0.39 is 0 Å². The van der Waals surface area contributed by atoms with Crippen LogP contribution in [0.5, 0.6) is 0 Å². The van der Waals surface area contributed by atoms with Crippen molar-refractivity contribution in [1.82, 2.24) is 9.80 Å². The Labute approximate surface area is 131 Å². The number of urea groups is 1. The normalized spacial score (nSPS) is 20.5. The molecule has 1 aromatic rings. The van der Waals surface area contributed by atoms with E-state index in [1.165, 1.54) is 37.8 Å². The monoisotopic (exact) mass is 305 g/mol. The minimum absolute atomic E-state index is 0.000391. The van der Waals surface area contributed by atoms with Gasteiger partial charge in [-0.15, -0.1) is 0 Å². The van der Waals surface area contributed by atoms with Gasteiger partial charge in [-0.2, -0.15) is 0 Å². The Morgan fingerprint density at radius 2 is 1.73 bits per heavy atom. The zero-order valence-electron chi connectivity index (χ0n) is 13.0. The third kappa shape index (κ3) is 3.58. The molecule has 2 heterocycles. The average Bonchev–Trinajstić information content (AvgIpc) is 2.73. The summed E-state index contributed by atoms with van der Waals surface area (Å²) in [5, 5.41) is 0. The standard InChI is InChI=1S/C17H24FN3O/c18-15-6-5-7-16(14-15)21-13-12-20(17(21)22)11-10-19-8-3-1-2-4-9-19/h5-7,14H,1-4,8-13H2. The second-order valence-corrected chi connectivity index (χ2v) is 6.16. The van der Waals surface area contributed by atoms with Crippen LogP contribution >= 0.6 is 0 Å². The molecule has 2 aliphatic rings. The number of hydrogen-bond donors (Lipinski definition) is 0. The van der Waals surface area contributed by atoms with E-state index in [0.717, 1.165) is 32.7 Å². The van der Waals surface area contributed by atoms with Crippen molar-refractivity contribution in [3.63, 3.8) is 0 Å². The summed E-state index contributed by atoms with van der Waals surface area (Å²) in [6.45, 7) is 5.38. The summed E-state index contributed by atoms with van der Waals surface area (Å²) in [4.78, 5) is 18.5. The predicted octanol–water partition coefficient (Wildman–Crippen LogP) is 2.94. The fourth-order valence-electron chi connectivity index (χ4n) is 3.30. The Balaban J connectivity index is 1.54. The first-order valence-electron chi connectivity index (χ1n) is 8.28. The molecule has 2 amide bonds. The minimum Gasteiger partial charge on any atom is -0.321 e. The maximum absolute atomic E-state index is 13.3. The second-order valence-electron chi connectivity index (χ2n) is 6.16. The van der Waals surface area contributed by atoms with Crippen molar-refractivity contribution in [2.75, 3.05) is 44.2 Å². The number of carbonyl (C=O) groups excluding carboxylic acids is 1. The lowest BCUT2D eigenvalue weighted by Crippen LogP contribution is -2.38. The quantitative estimate of drug-likeness (QED) is 0.855. The predicted molar refractivity (Wildman–Crippen MR) is 85.6 cm³/mol. The van der Waals surface area contributed by atoms with Crippen LogP contribution < -0.4 is 4.90 Å². The van der Waals surface area contributed by atoms with Gasteiger partial charge in [-0.05, 0) is 44.1 Å². The second kappa shape index (κ2) is 7.09. The molecule has 1 aromatic carbocycles. The van der Waals surface area contributed by atoms with Crippen LogP contribution in [0.4, 0.5) is 14.9 Å². The Morgan fingerprint density at radius 3 is 2.45 bits per heavy atom. The van der Waals surface area contributed by atoms with Crippen molar-refractivity contribution in [2.24, 2.45) is 0 Å². The molecular weight excluding hydrogens is 281 g/mol. The molecule has 5 heteroatoms. The summed E-state index contributed by atoms with van der Waals surface area (Å²) < 4.78 is 13.3. The highest BCUT2D eigenvalue weighted by atomic mass is 19.1. The Bertz CT molecular complexity index is 514. The van der Waals surface area contributed by atoms with Gasteiger partial charge >= 0.3 is 6.03 Å². The zero-order valence-corrected chi connectivity index (χ0v) is 13.0. The Hall–Kier alpha value is -1.62. The van der Waals surface area contributed by atoms with E-state index in [-0.39, 0.29) is 11.8 Å². The molecule has 0 radical (unpaired) electrons. The first kappa shape index (κ1) is 15.3.